The molecule has 0 saturated heterocycles. The third-order valence-electron chi connectivity index (χ3n) is 4.00. The van der Waals surface area contributed by atoms with Crippen molar-refractivity contribution in [2.75, 3.05) is 0 Å². The predicted octanol–water partition coefficient (Wildman–Crippen LogP) is 4.41. The average Bonchev–Trinajstić information content (AvgIpc) is 2.82. The van der Waals surface area contributed by atoms with Crippen LogP contribution in [0.2, 0.25) is 0 Å². The number of para-hydroxylation sites is 1. The molecule has 0 aliphatic rings. The van der Waals surface area contributed by atoms with Crippen LogP contribution in [-0.2, 0) is 6.42 Å². The summed E-state index contributed by atoms with van der Waals surface area (Å²) < 4.78 is 0. The van der Waals surface area contributed by atoms with Crippen LogP contribution in [-0.4, -0.2) is 9.91 Å². The van der Waals surface area contributed by atoms with Gasteiger partial charge in [-0.05, 0) is 31.4 Å². The lowest BCUT2D eigenvalue weighted by Gasteiger charge is -2.03. The van der Waals surface area contributed by atoms with Crippen LogP contribution in [0.4, 0.5) is 5.69 Å². The molecule has 0 amide bonds. The van der Waals surface area contributed by atoms with Crippen LogP contribution in [0.15, 0.2) is 24.3 Å². The fraction of sp³-hybridized carbons (Fsp3) is 0.250. The van der Waals surface area contributed by atoms with E-state index in [0.29, 0.717) is 0 Å². The molecular formula is C16H16N2O2. The van der Waals surface area contributed by atoms with Crippen LogP contribution in [0.1, 0.15) is 23.6 Å². The van der Waals surface area contributed by atoms with Crippen molar-refractivity contribution in [2.45, 2.75) is 27.2 Å². The quantitative estimate of drug-likeness (QED) is 0.553. The molecule has 0 aliphatic carbocycles. The molecular weight excluding hydrogens is 252 g/mol. The summed E-state index contributed by atoms with van der Waals surface area (Å²) >= 11 is 0. The van der Waals surface area contributed by atoms with Crippen molar-refractivity contribution >= 4 is 27.5 Å². The third-order valence-corrected chi connectivity index (χ3v) is 4.00. The van der Waals surface area contributed by atoms with E-state index >= 15 is 0 Å². The van der Waals surface area contributed by atoms with Crippen LogP contribution in [0, 0.1) is 24.0 Å². The predicted molar refractivity (Wildman–Crippen MR) is 81.3 cm³/mol. The number of hydrogen-bond acceptors (Lipinski definition) is 2. The summed E-state index contributed by atoms with van der Waals surface area (Å²) in [5, 5.41) is 13.2. The summed E-state index contributed by atoms with van der Waals surface area (Å²) in [7, 11) is 0. The number of nitro groups is 1. The van der Waals surface area contributed by atoms with E-state index in [9.17, 15) is 10.1 Å². The van der Waals surface area contributed by atoms with Crippen LogP contribution < -0.4 is 0 Å². The topological polar surface area (TPSA) is 58.9 Å². The molecule has 3 rings (SSSR count). The lowest BCUT2D eigenvalue weighted by atomic mass is 10.0. The van der Waals surface area contributed by atoms with Crippen LogP contribution in [0.5, 0.6) is 0 Å². The summed E-state index contributed by atoms with van der Waals surface area (Å²) in [5.74, 6) is 0. The molecule has 3 aromatic rings. The van der Waals surface area contributed by atoms with E-state index < -0.39 is 0 Å². The van der Waals surface area contributed by atoms with Crippen molar-refractivity contribution in [1.29, 1.82) is 0 Å². The summed E-state index contributed by atoms with van der Waals surface area (Å²) in [6.45, 7) is 5.85. The Morgan fingerprint density at radius 1 is 1.25 bits per heavy atom. The molecule has 1 aromatic heterocycles. The maximum atomic E-state index is 11.2. The van der Waals surface area contributed by atoms with Gasteiger partial charge in [0.2, 0.25) is 0 Å². The van der Waals surface area contributed by atoms with Gasteiger partial charge in [0.25, 0.3) is 5.69 Å². The normalized spacial score (nSPS) is 11.3. The van der Waals surface area contributed by atoms with Gasteiger partial charge in [-0.1, -0.05) is 25.1 Å². The lowest BCUT2D eigenvalue weighted by molar-refractivity contribution is -0.385. The number of H-pyrrole nitrogens is 1. The highest BCUT2D eigenvalue weighted by molar-refractivity contribution is 6.11. The SMILES string of the molecule is CCc1cccc2c1[nH]c1c(C)cc([N+](=O)[O-])c(C)c12. The monoisotopic (exact) mass is 268 g/mol. The second kappa shape index (κ2) is 4.34. The van der Waals surface area contributed by atoms with Crippen molar-refractivity contribution < 1.29 is 4.92 Å². The Bertz CT molecular complexity index is 847. The Morgan fingerprint density at radius 2 is 2.00 bits per heavy atom. The summed E-state index contributed by atoms with van der Waals surface area (Å²) in [5.41, 5.74) is 5.17. The molecule has 1 heterocycles. The number of nitro benzene ring substituents is 1. The standard InChI is InChI=1S/C16H16N2O2/c1-4-11-6-5-7-12-14-10(3)13(18(19)20)8-9(2)15(14)17-16(11)12/h5-8,17H,4H2,1-3H3. The Labute approximate surface area is 116 Å². The molecule has 0 atom stereocenters. The number of nitrogens with zero attached hydrogens (tertiary/aromatic N) is 1. The maximum Gasteiger partial charge on any atom is 0.273 e. The van der Waals surface area contributed by atoms with E-state index in [1.807, 2.05) is 26.0 Å². The van der Waals surface area contributed by atoms with E-state index in [1.165, 1.54) is 5.56 Å². The van der Waals surface area contributed by atoms with Gasteiger partial charge < -0.3 is 4.98 Å². The van der Waals surface area contributed by atoms with E-state index in [2.05, 4.69) is 18.0 Å². The maximum absolute atomic E-state index is 11.2. The molecule has 0 fully saturated rings. The Balaban J connectivity index is 2.55. The molecule has 2 aromatic carbocycles. The smallest absolute Gasteiger partial charge is 0.273 e. The molecule has 0 unspecified atom stereocenters. The highest BCUT2D eigenvalue weighted by atomic mass is 16.6. The Hall–Kier alpha value is -2.36. The van der Waals surface area contributed by atoms with Crippen molar-refractivity contribution in [3.8, 4) is 0 Å². The molecule has 0 spiro atoms. The van der Waals surface area contributed by atoms with Gasteiger partial charge in [-0.25, -0.2) is 0 Å². The summed E-state index contributed by atoms with van der Waals surface area (Å²) in [6, 6.07) is 7.79. The fourth-order valence-corrected chi connectivity index (χ4v) is 2.96. The molecule has 20 heavy (non-hydrogen) atoms. The minimum Gasteiger partial charge on any atom is -0.354 e. The Kier molecular flexibility index (Phi) is 2.74. The van der Waals surface area contributed by atoms with Gasteiger partial charge in [0.05, 0.1) is 10.4 Å². The minimum absolute atomic E-state index is 0.192. The van der Waals surface area contributed by atoms with Gasteiger partial charge in [0, 0.05) is 27.9 Å². The third kappa shape index (κ3) is 1.61. The minimum atomic E-state index is -0.301. The number of rotatable bonds is 2. The number of fused-ring (bicyclic) bond motifs is 3. The van der Waals surface area contributed by atoms with Crippen molar-refractivity contribution in [1.82, 2.24) is 4.98 Å². The average molecular weight is 268 g/mol. The molecule has 0 radical (unpaired) electrons. The zero-order valence-electron chi connectivity index (χ0n) is 11.8. The summed E-state index contributed by atoms with van der Waals surface area (Å²) in [6.07, 6.45) is 0.935. The van der Waals surface area contributed by atoms with Gasteiger partial charge in [0.1, 0.15) is 0 Å². The molecule has 102 valence electrons. The van der Waals surface area contributed by atoms with E-state index in [4.69, 9.17) is 0 Å². The molecule has 1 N–H and O–H groups in total. The van der Waals surface area contributed by atoms with Gasteiger partial charge in [-0.15, -0.1) is 0 Å². The molecule has 0 bridgehead atoms. The van der Waals surface area contributed by atoms with E-state index in [0.717, 1.165) is 39.4 Å². The van der Waals surface area contributed by atoms with Crippen LogP contribution in [0.25, 0.3) is 21.8 Å². The lowest BCUT2D eigenvalue weighted by Crippen LogP contribution is -1.93. The molecule has 4 heteroatoms. The van der Waals surface area contributed by atoms with Crippen LogP contribution >= 0.6 is 0 Å². The first-order valence-electron chi connectivity index (χ1n) is 6.72. The molecule has 0 saturated carbocycles. The second-order valence-corrected chi connectivity index (χ2v) is 5.16. The fourth-order valence-electron chi connectivity index (χ4n) is 2.96. The highest BCUT2D eigenvalue weighted by Gasteiger charge is 2.19. The molecule has 4 nitrogen and oxygen atoms in total. The summed E-state index contributed by atoms with van der Waals surface area (Å²) in [4.78, 5) is 14.3. The first-order valence-corrected chi connectivity index (χ1v) is 6.72. The van der Waals surface area contributed by atoms with Crippen LogP contribution in [0.3, 0.4) is 0 Å². The number of aromatic nitrogens is 1. The van der Waals surface area contributed by atoms with Gasteiger partial charge in [-0.3, -0.25) is 10.1 Å². The van der Waals surface area contributed by atoms with E-state index in [-0.39, 0.29) is 10.6 Å². The largest absolute Gasteiger partial charge is 0.354 e. The van der Waals surface area contributed by atoms with Crippen molar-refractivity contribution in [3.05, 3.63) is 51.1 Å². The zero-order valence-corrected chi connectivity index (χ0v) is 11.8. The first-order chi connectivity index (χ1) is 9.54. The van der Waals surface area contributed by atoms with Crippen molar-refractivity contribution in [2.24, 2.45) is 0 Å². The first kappa shape index (κ1) is 12.7. The number of aryl methyl sites for hydroxylation is 3. The highest BCUT2D eigenvalue weighted by Crippen LogP contribution is 2.36. The molecule has 0 aliphatic heterocycles. The van der Waals surface area contributed by atoms with Gasteiger partial charge in [-0.2, -0.15) is 0 Å². The van der Waals surface area contributed by atoms with Crippen molar-refractivity contribution in [3.63, 3.8) is 0 Å². The van der Waals surface area contributed by atoms with Gasteiger partial charge >= 0.3 is 0 Å². The number of hydrogen-bond donors (Lipinski definition) is 1. The van der Waals surface area contributed by atoms with E-state index in [1.54, 1.807) is 6.07 Å². The Morgan fingerprint density at radius 3 is 2.65 bits per heavy atom. The number of nitrogens with one attached hydrogen (secondary N) is 1. The van der Waals surface area contributed by atoms with Gasteiger partial charge in [0.15, 0.2) is 0 Å². The number of aromatic amines is 1. The zero-order chi connectivity index (χ0) is 14.4. The number of benzene rings is 2. The second-order valence-electron chi connectivity index (χ2n) is 5.16.